The first-order chi connectivity index (χ1) is 10.2. The summed E-state index contributed by atoms with van der Waals surface area (Å²) < 4.78 is 63.3. The monoisotopic (exact) mass is 342 g/mol. The summed E-state index contributed by atoms with van der Waals surface area (Å²) >= 11 is 0. The van der Waals surface area contributed by atoms with Crippen molar-refractivity contribution in [2.75, 3.05) is 25.4 Å². The molecule has 1 heterocycles. The molecule has 0 aromatic rings. The van der Waals surface area contributed by atoms with Crippen LogP contribution < -0.4 is 5.32 Å². The van der Waals surface area contributed by atoms with E-state index >= 15 is 0 Å². The maximum atomic E-state index is 13.0. The normalized spacial score (nSPS) is 29.4. The van der Waals surface area contributed by atoms with Crippen molar-refractivity contribution in [2.24, 2.45) is 11.8 Å². The Labute approximate surface area is 128 Å². The number of sulfonamides is 1. The van der Waals surface area contributed by atoms with Gasteiger partial charge in [0.2, 0.25) is 15.9 Å². The highest BCUT2D eigenvalue weighted by Crippen LogP contribution is 2.41. The fourth-order valence-electron chi connectivity index (χ4n) is 3.21. The van der Waals surface area contributed by atoms with E-state index in [-0.39, 0.29) is 31.7 Å². The molecule has 128 valence electrons. The molecule has 2 rings (SSSR count). The zero-order valence-electron chi connectivity index (χ0n) is 12.2. The van der Waals surface area contributed by atoms with Gasteiger partial charge >= 0.3 is 6.18 Å². The Morgan fingerprint density at radius 1 is 1.18 bits per heavy atom. The van der Waals surface area contributed by atoms with Gasteiger partial charge in [-0.2, -0.15) is 13.2 Å². The number of carbonyl (C=O) groups excluding carboxylic acids is 1. The molecule has 1 aliphatic carbocycles. The third-order valence-corrected chi connectivity index (χ3v) is 6.34. The Morgan fingerprint density at radius 2 is 1.86 bits per heavy atom. The first kappa shape index (κ1) is 17.5. The molecule has 1 N–H and O–H groups in total. The summed E-state index contributed by atoms with van der Waals surface area (Å²) in [4.78, 5) is 12.0. The molecule has 0 bridgehead atoms. The maximum Gasteiger partial charge on any atom is 0.392 e. The third kappa shape index (κ3) is 4.13. The Hall–Kier alpha value is -0.830. The van der Waals surface area contributed by atoms with E-state index in [0.29, 0.717) is 25.8 Å². The van der Waals surface area contributed by atoms with Crippen molar-refractivity contribution in [2.45, 2.75) is 38.3 Å². The van der Waals surface area contributed by atoms with Crippen LogP contribution in [0.25, 0.3) is 0 Å². The quantitative estimate of drug-likeness (QED) is 0.842. The zero-order valence-corrected chi connectivity index (χ0v) is 13.0. The second-order valence-electron chi connectivity index (χ2n) is 5.90. The summed E-state index contributed by atoms with van der Waals surface area (Å²) in [6.07, 6.45) is -2.49. The van der Waals surface area contributed by atoms with Gasteiger partial charge in [0, 0.05) is 25.6 Å². The molecule has 2 atom stereocenters. The van der Waals surface area contributed by atoms with Crippen LogP contribution in [-0.4, -0.2) is 50.2 Å². The van der Waals surface area contributed by atoms with Crippen molar-refractivity contribution < 1.29 is 26.4 Å². The summed E-state index contributed by atoms with van der Waals surface area (Å²) in [6.45, 7) is 0.587. The lowest BCUT2D eigenvalue weighted by Crippen LogP contribution is -2.44. The van der Waals surface area contributed by atoms with Gasteiger partial charge in [0.15, 0.2) is 0 Å². The van der Waals surface area contributed by atoms with Crippen molar-refractivity contribution in [3.8, 4) is 0 Å². The lowest BCUT2D eigenvalue weighted by molar-refractivity contribution is -0.198. The third-order valence-electron chi connectivity index (χ3n) is 4.39. The molecule has 5 nitrogen and oxygen atoms in total. The molecule has 9 heteroatoms. The van der Waals surface area contributed by atoms with E-state index in [1.165, 1.54) is 4.31 Å². The van der Waals surface area contributed by atoms with Gasteiger partial charge in [-0.1, -0.05) is 12.8 Å². The van der Waals surface area contributed by atoms with Gasteiger partial charge in [-0.15, -0.1) is 0 Å². The SMILES string of the molecule is O=C(NCCN1CCCS1(=O)=O)[C@H]1CCCC[C@H]1C(F)(F)F. The molecule has 1 saturated carbocycles. The molecule has 22 heavy (non-hydrogen) atoms. The summed E-state index contributed by atoms with van der Waals surface area (Å²) in [5, 5.41) is 2.47. The Morgan fingerprint density at radius 3 is 2.45 bits per heavy atom. The van der Waals surface area contributed by atoms with Crippen molar-refractivity contribution in [1.29, 1.82) is 0 Å². The van der Waals surface area contributed by atoms with E-state index in [9.17, 15) is 26.4 Å². The van der Waals surface area contributed by atoms with Gasteiger partial charge in [-0.3, -0.25) is 4.79 Å². The fourth-order valence-corrected chi connectivity index (χ4v) is 4.74. The molecule has 0 aromatic heterocycles. The fraction of sp³-hybridized carbons (Fsp3) is 0.923. The minimum absolute atomic E-state index is 0.0118. The Bertz CT molecular complexity index is 507. The van der Waals surface area contributed by atoms with Crippen LogP contribution >= 0.6 is 0 Å². The number of carbonyl (C=O) groups is 1. The van der Waals surface area contributed by atoms with Gasteiger partial charge < -0.3 is 5.32 Å². The average Bonchev–Trinajstić information content (AvgIpc) is 2.77. The maximum absolute atomic E-state index is 13.0. The molecule has 1 amide bonds. The molecule has 0 aromatic carbocycles. The largest absolute Gasteiger partial charge is 0.392 e. The Kier molecular flexibility index (Phi) is 5.37. The van der Waals surface area contributed by atoms with E-state index in [1.807, 2.05) is 0 Å². The number of hydrogen-bond acceptors (Lipinski definition) is 3. The van der Waals surface area contributed by atoms with E-state index in [1.54, 1.807) is 0 Å². The van der Waals surface area contributed by atoms with Crippen LogP contribution in [0.2, 0.25) is 0 Å². The summed E-state index contributed by atoms with van der Waals surface area (Å²) in [7, 11) is -3.24. The highest BCUT2D eigenvalue weighted by atomic mass is 32.2. The van der Waals surface area contributed by atoms with Crippen LogP contribution in [-0.2, 0) is 14.8 Å². The van der Waals surface area contributed by atoms with Gasteiger partial charge in [0.1, 0.15) is 0 Å². The van der Waals surface area contributed by atoms with Crippen LogP contribution in [0.3, 0.4) is 0 Å². The number of halogens is 3. The zero-order chi connectivity index (χ0) is 16.4. The standard InChI is InChI=1S/C13H21F3N2O3S/c14-13(15,16)11-5-2-1-4-10(11)12(19)17-6-8-18-7-3-9-22(18,20)21/h10-11H,1-9H2,(H,17,19)/t10-,11+/m0/s1. The minimum Gasteiger partial charge on any atom is -0.355 e. The van der Waals surface area contributed by atoms with E-state index in [4.69, 9.17) is 0 Å². The van der Waals surface area contributed by atoms with Crippen molar-refractivity contribution >= 4 is 15.9 Å². The molecule has 1 aliphatic heterocycles. The molecule has 0 unspecified atom stereocenters. The first-order valence-corrected chi connectivity index (χ1v) is 9.15. The average molecular weight is 342 g/mol. The van der Waals surface area contributed by atoms with Crippen LogP contribution in [0.4, 0.5) is 13.2 Å². The number of alkyl halides is 3. The second kappa shape index (κ2) is 6.74. The highest BCUT2D eigenvalue weighted by molar-refractivity contribution is 7.89. The van der Waals surface area contributed by atoms with E-state index in [2.05, 4.69) is 5.32 Å². The molecular formula is C13H21F3N2O3S. The van der Waals surface area contributed by atoms with E-state index in [0.717, 1.165) is 0 Å². The molecule has 2 aliphatic rings. The van der Waals surface area contributed by atoms with Crippen molar-refractivity contribution in [1.82, 2.24) is 9.62 Å². The van der Waals surface area contributed by atoms with Crippen molar-refractivity contribution in [3.05, 3.63) is 0 Å². The van der Waals surface area contributed by atoms with Gasteiger partial charge in [-0.05, 0) is 19.3 Å². The number of nitrogens with one attached hydrogen (secondary N) is 1. The summed E-state index contributed by atoms with van der Waals surface area (Å²) in [6, 6.07) is 0. The topological polar surface area (TPSA) is 66.5 Å². The summed E-state index contributed by atoms with van der Waals surface area (Å²) in [5.41, 5.74) is 0. The number of amides is 1. The number of rotatable bonds is 4. The first-order valence-electron chi connectivity index (χ1n) is 7.54. The van der Waals surface area contributed by atoms with Gasteiger partial charge in [-0.25, -0.2) is 12.7 Å². The smallest absolute Gasteiger partial charge is 0.355 e. The van der Waals surface area contributed by atoms with Gasteiger partial charge in [0.05, 0.1) is 11.7 Å². The minimum atomic E-state index is -4.36. The predicted molar refractivity (Wildman–Crippen MR) is 74.5 cm³/mol. The van der Waals surface area contributed by atoms with Crippen molar-refractivity contribution in [3.63, 3.8) is 0 Å². The molecular weight excluding hydrogens is 321 g/mol. The molecule has 0 spiro atoms. The number of nitrogens with zero attached hydrogens (tertiary/aromatic N) is 1. The molecule has 1 saturated heterocycles. The Balaban J connectivity index is 1.86. The van der Waals surface area contributed by atoms with Crippen LogP contribution in [0.1, 0.15) is 32.1 Å². The predicted octanol–water partition coefficient (Wildman–Crippen LogP) is 1.51. The lowest BCUT2D eigenvalue weighted by Gasteiger charge is -2.32. The second-order valence-corrected chi connectivity index (χ2v) is 7.99. The molecule has 0 radical (unpaired) electrons. The van der Waals surface area contributed by atoms with Crippen LogP contribution in [0.5, 0.6) is 0 Å². The highest BCUT2D eigenvalue weighted by Gasteiger charge is 2.47. The van der Waals surface area contributed by atoms with Crippen LogP contribution in [0, 0.1) is 11.8 Å². The van der Waals surface area contributed by atoms with Crippen LogP contribution in [0.15, 0.2) is 0 Å². The molecule has 2 fully saturated rings. The lowest BCUT2D eigenvalue weighted by atomic mass is 9.78. The summed E-state index contributed by atoms with van der Waals surface area (Å²) in [5.74, 6) is -3.15. The number of hydrogen-bond donors (Lipinski definition) is 1. The van der Waals surface area contributed by atoms with Gasteiger partial charge in [0.25, 0.3) is 0 Å². The van der Waals surface area contributed by atoms with E-state index < -0.39 is 33.9 Å².